The predicted octanol–water partition coefficient (Wildman–Crippen LogP) is -0.259. The fraction of sp³-hybridized carbons (Fsp3) is 0.143. The number of aromatic nitrogens is 1. The molecular formula is C7H9N3O2. The molecule has 5 heteroatoms. The maximum atomic E-state index is 10.7. The highest BCUT2D eigenvalue weighted by molar-refractivity contribution is 5.94. The fourth-order valence-corrected chi connectivity index (χ4v) is 0.810. The van der Waals surface area contributed by atoms with Gasteiger partial charge in [-0.3, -0.25) is 4.79 Å². The second kappa shape index (κ2) is 3.19. The van der Waals surface area contributed by atoms with Crippen LogP contribution in [0.1, 0.15) is 16.1 Å². The molecule has 0 unspecified atom stereocenters. The van der Waals surface area contributed by atoms with Gasteiger partial charge >= 0.3 is 0 Å². The highest BCUT2D eigenvalue weighted by Gasteiger charge is 2.09. The molecule has 0 saturated heterocycles. The van der Waals surface area contributed by atoms with Crippen LogP contribution in [-0.2, 0) is 0 Å². The molecule has 12 heavy (non-hydrogen) atoms. The average Bonchev–Trinajstić information content (AvgIpc) is 2.03. The van der Waals surface area contributed by atoms with Crippen molar-refractivity contribution in [3.63, 3.8) is 0 Å². The molecule has 1 aromatic rings. The Morgan fingerprint density at radius 2 is 2.25 bits per heavy atom. The van der Waals surface area contributed by atoms with E-state index in [0.717, 1.165) is 0 Å². The Morgan fingerprint density at radius 3 is 2.75 bits per heavy atom. The summed E-state index contributed by atoms with van der Waals surface area (Å²) in [6, 6.07) is 3.18. The quantitative estimate of drug-likeness (QED) is 0.593. The van der Waals surface area contributed by atoms with E-state index in [0.29, 0.717) is 5.69 Å². The second-order valence-corrected chi connectivity index (χ2v) is 2.29. The minimum absolute atomic E-state index is 0.0579. The number of hydrogen-bond acceptors (Lipinski definition) is 4. The summed E-state index contributed by atoms with van der Waals surface area (Å²) in [5, 5.41) is 0. The van der Waals surface area contributed by atoms with Crippen molar-refractivity contribution in [1.29, 1.82) is 0 Å². The van der Waals surface area contributed by atoms with Gasteiger partial charge in [-0.05, 0) is 19.1 Å². The third-order valence-corrected chi connectivity index (χ3v) is 1.38. The molecule has 0 saturated carbocycles. The lowest BCUT2D eigenvalue weighted by atomic mass is 10.2. The largest absolute Gasteiger partial charge is 0.390 e. The highest BCUT2D eigenvalue weighted by Crippen LogP contribution is 2.13. The van der Waals surface area contributed by atoms with Gasteiger partial charge in [0.05, 0.1) is 0 Å². The molecule has 4 N–H and O–H groups in total. The fourth-order valence-electron chi connectivity index (χ4n) is 0.810. The molecule has 1 heterocycles. The molecule has 1 amide bonds. The molecule has 0 atom stereocenters. The standard InChI is InChI=1S/C7H9N3O2/c1-4-2-3-5(6(8)11)7(10-4)12-9/h2-3H,9H2,1H3,(H2,8,11). The van der Waals surface area contributed by atoms with Crippen LogP contribution in [0.3, 0.4) is 0 Å². The normalized spacial score (nSPS) is 9.50. The van der Waals surface area contributed by atoms with Crippen LogP contribution in [-0.4, -0.2) is 10.9 Å². The Kier molecular flexibility index (Phi) is 2.25. The van der Waals surface area contributed by atoms with E-state index in [1.54, 1.807) is 13.0 Å². The maximum Gasteiger partial charge on any atom is 0.254 e. The van der Waals surface area contributed by atoms with Gasteiger partial charge in [0, 0.05) is 5.69 Å². The van der Waals surface area contributed by atoms with Crippen LogP contribution >= 0.6 is 0 Å². The molecule has 0 aromatic carbocycles. The van der Waals surface area contributed by atoms with Gasteiger partial charge in [-0.15, -0.1) is 0 Å². The van der Waals surface area contributed by atoms with Crippen molar-refractivity contribution in [2.24, 2.45) is 11.6 Å². The number of hydrogen-bond donors (Lipinski definition) is 2. The number of amides is 1. The van der Waals surface area contributed by atoms with E-state index in [1.165, 1.54) is 6.07 Å². The zero-order valence-corrected chi connectivity index (χ0v) is 6.57. The minimum Gasteiger partial charge on any atom is -0.390 e. The van der Waals surface area contributed by atoms with Crippen LogP contribution in [0, 0.1) is 6.92 Å². The first kappa shape index (κ1) is 8.48. The number of rotatable bonds is 2. The Morgan fingerprint density at radius 1 is 1.58 bits per heavy atom. The molecule has 0 bridgehead atoms. The number of nitrogens with zero attached hydrogens (tertiary/aromatic N) is 1. The maximum absolute atomic E-state index is 10.7. The van der Waals surface area contributed by atoms with Crippen LogP contribution in [0.2, 0.25) is 0 Å². The van der Waals surface area contributed by atoms with E-state index in [2.05, 4.69) is 9.82 Å². The van der Waals surface area contributed by atoms with E-state index in [4.69, 9.17) is 11.6 Å². The van der Waals surface area contributed by atoms with Gasteiger partial charge in [0.15, 0.2) is 0 Å². The predicted molar refractivity (Wildman–Crippen MR) is 42.3 cm³/mol. The summed E-state index contributed by atoms with van der Waals surface area (Å²) in [5.74, 6) is 4.34. The molecule has 0 aliphatic heterocycles. The number of aryl methyl sites for hydroxylation is 1. The van der Waals surface area contributed by atoms with Crippen molar-refractivity contribution in [3.05, 3.63) is 23.4 Å². The third-order valence-electron chi connectivity index (χ3n) is 1.38. The molecule has 1 aromatic heterocycles. The Balaban J connectivity index is 3.20. The highest BCUT2D eigenvalue weighted by atomic mass is 16.6. The summed E-state index contributed by atoms with van der Waals surface area (Å²) in [4.78, 5) is 19.0. The van der Waals surface area contributed by atoms with Gasteiger partial charge in [0.25, 0.3) is 11.8 Å². The van der Waals surface area contributed by atoms with E-state index < -0.39 is 5.91 Å². The molecule has 0 radical (unpaired) electrons. The van der Waals surface area contributed by atoms with Crippen LogP contribution < -0.4 is 16.5 Å². The van der Waals surface area contributed by atoms with Crippen LogP contribution in [0.5, 0.6) is 5.88 Å². The van der Waals surface area contributed by atoms with Crippen molar-refractivity contribution >= 4 is 5.91 Å². The van der Waals surface area contributed by atoms with Gasteiger partial charge in [-0.25, -0.2) is 4.98 Å². The van der Waals surface area contributed by atoms with Crippen LogP contribution in [0.4, 0.5) is 0 Å². The topological polar surface area (TPSA) is 91.2 Å². The van der Waals surface area contributed by atoms with Gasteiger partial charge in [-0.2, -0.15) is 5.90 Å². The Bertz CT molecular complexity index is 312. The first-order chi connectivity index (χ1) is 5.65. The monoisotopic (exact) mass is 167 g/mol. The lowest BCUT2D eigenvalue weighted by Gasteiger charge is -2.02. The molecule has 0 aliphatic rings. The Hall–Kier alpha value is -1.62. The molecule has 1 rings (SSSR count). The number of primary amides is 1. The Labute approximate surface area is 69.3 Å². The number of nitrogens with two attached hydrogens (primary N) is 2. The lowest BCUT2D eigenvalue weighted by Crippen LogP contribution is -2.16. The van der Waals surface area contributed by atoms with E-state index in [1.807, 2.05) is 0 Å². The zero-order valence-electron chi connectivity index (χ0n) is 6.57. The average molecular weight is 167 g/mol. The van der Waals surface area contributed by atoms with E-state index in [-0.39, 0.29) is 11.4 Å². The first-order valence-corrected chi connectivity index (χ1v) is 3.29. The second-order valence-electron chi connectivity index (χ2n) is 2.29. The van der Waals surface area contributed by atoms with Crippen molar-refractivity contribution in [1.82, 2.24) is 4.98 Å². The van der Waals surface area contributed by atoms with Crippen LogP contribution in [0.25, 0.3) is 0 Å². The number of carbonyl (C=O) groups is 1. The van der Waals surface area contributed by atoms with Gasteiger partial charge < -0.3 is 10.6 Å². The van der Waals surface area contributed by atoms with Crippen LogP contribution in [0.15, 0.2) is 12.1 Å². The van der Waals surface area contributed by atoms with Gasteiger partial charge in [0.2, 0.25) is 0 Å². The summed E-state index contributed by atoms with van der Waals surface area (Å²) in [5.41, 5.74) is 5.92. The van der Waals surface area contributed by atoms with Crippen molar-refractivity contribution in [2.75, 3.05) is 0 Å². The summed E-state index contributed by atoms with van der Waals surface area (Å²) in [6.07, 6.45) is 0. The van der Waals surface area contributed by atoms with Gasteiger partial charge in [0.1, 0.15) is 5.56 Å². The summed E-state index contributed by atoms with van der Waals surface area (Å²) in [6.45, 7) is 1.76. The number of pyridine rings is 1. The molecular weight excluding hydrogens is 158 g/mol. The molecule has 5 nitrogen and oxygen atoms in total. The summed E-state index contributed by atoms with van der Waals surface area (Å²) < 4.78 is 0. The van der Waals surface area contributed by atoms with Gasteiger partial charge in [-0.1, -0.05) is 0 Å². The summed E-state index contributed by atoms with van der Waals surface area (Å²) in [7, 11) is 0. The van der Waals surface area contributed by atoms with Crippen molar-refractivity contribution in [3.8, 4) is 5.88 Å². The number of carbonyl (C=O) groups excluding carboxylic acids is 1. The van der Waals surface area contributed by atoms with E-state index >= 15 is 0 Å². The van der Waals surface area contributed by atoms with E-state index in [9.17, 15) is 4.79 Å². The lowest BCUT2D eigenvalue weighted by molar-refractivity contribution is 0.0995. The van der Waals surface area contributed by atoms with Crippen molar-refractivity contribution < 1.29 is 9.63 Å². The first-order valence-electron chi connectivity index (χ1n) is 3.29. The van der Waals surface area contributed by atoms with Crippen molar-refractivity contribution in [2.45, 2.75) is 6.92 Å². The molecule has 0 spiro atoms. The molecule has 0 aliphatic carbocycles. The SMILES string of the molecule is Cc1ccc(C(N)=O)c(ON)n1. The third kappa shape index (κ3) is 1.51. The minimum atomic E-state index is -0.608. The zero-order chi connectivity index (χ0) is 9.14. The molecule has 64 valence electrons. The smallest absolute Gasteiger partial charge is 0.254 e. The summed E-state index contributed by atoms with van der Waals surface area (Å²) >= 11 is 0. The molecule has 0 fully saturated rings.